The number of benzene rings is 1. The average molecular weight is 360 g/mol. The fourth-order valence-electron chi connectivity index (χ4n) is 3.81. The van der Waals surface area contributed by atoms with Crippen molar-refractivity contribution in [3.8, 4) is 5.69 Å². The first-order chi connectivity index (χ1) is 12.1. The molecule has 0 amide bonds. The standard InChI is InChI=1S/C18H24N4O2S/c23-25(24,21-10-4-5-11-21)17-8-12-20(14-17)15-18-19-9-13-22(18)16-6-2-1-3-7-16/h1-3,6-7,9,13,17H,4-5,8,10-12,14-15H2/t17-/m1/s1. The summed E-state index contributed by atoms with van der Waals surface area (Å²) < 4.78 is 29.3. The quantitative estimate of drug-likeness (QED) is 0.817. The van der Waals surface area contributed by atoms with Crippen LogP contribution in [0.5, 0.6) is 0 Å². The molecule has 0 bridgehead atoms. The molecule has 0 unspecified atom stereocenters. The summed E-state index contributed by atoms with van der Waals surface area (Å²) in [6, 6.07) is 10.1. The maximum atomic E-state index is 12.7. The molecule has 2 saturated heterocycles. The molecule has 0 saturated carbocycles. The number of imidazole rings is 1. The highest BCUT2D eigenvalue weighted by Gasteiger charge is 2.38. The second-order valence-electron chi connectivity index (χ2n) is 6.85. The number of aromatic nitrogens is 2. The van der Waals surface area contributed by atoms with Gasteiger partial charge < -0.3 is 4.57 Å². The molecule has 134 valence electrons. The van der Waals surface area contributed by atoms with Crippen molar-refractivity contribution >= 4 is 10.0 Å². The SMILES string of the molecule is O=S(=O)([C@@H]1CCN(Cc2nccn2-c2ccccc2)C1)N1CCCC1. The Balaban J connectivity index is 1.45. The Hall–Kier alpha value is -1.70. The molecule has 2 aliphatic heterocycles. The molecule has 0 aliphatic carbocycles. The van der Waals surface area contributed by atoms with Crippen LogP contribution in [0.25, 0.3) is 5.69 Å². The number of likely N-dealkylation sites (tertiary alicyclic amines) is 1. The monoisotopic (exact) mass is 360 g/mol. The third-order valence-corrected chi connectivity index (χ3v) is 7.50. The molecule has 4 rings (SSSR count). The summed E-state index contributed by atoms with van der Waals surface area (Å²) >= 11 is 0. The van der Waals surface area contributed by atoms with Gasteiger partial charge in [-0.05, 0) is 31.4 Å². The van der Waals surface area contributed by atoms with Crippen LogP contribution in [0.1, 0.15) is 25.1 Å². The van der Waals surface area contributed by atoms with E-state index in [1.807, 2.05) is 24.4 Å². The molecule has 3 heterocycles. The second kappa shape index (κ2) is 6.90. The summed E-state index contributed by atoms with van der Waals surface area (Å²) in [5.41, 5.74) is 1.08. The summed E-state index contributed by atoms with van der Waals surface area (Å²) in [6.45, 7) is 3.46. The van der Waals surface area contributed by atoms with Crippen molar-refractivity contribution in [2.45, 2.75) is 31.1 Å². The van der Waals surface area contributed by atoms with Gasteiger partial charge in [-0.15, -0.1) is 0 Å². The minimum Gasteiger partial charge on any atom is -0.303 e. The zero-order valence-electron chi connectivity index (χ0n) is 14.3. The van der Waals surface area contributed by atoms with Crippen molar-refractivity contribution in [3.05, 3.63) is 48.5 Å². The van der Waals surface area contributed by atoms with E-state index >= 15 is 0 Å². The highest BCUT2D eigenvalue weighted by molar-refractivity contribution is 7.89. The average Bonchev–Trinajstić information content (AvgIpc) is 3.38. The van der Waals surface area contributed by atoms with Gasteiger partial charge in [-0.1, -0.05) is 18.2 Å². The lowest BCUT2D eigenvalue weighted by atomic mass is 10.3. The number of nitrogens with zero attached hydrogens (tertiary/aromatic N) is 4. The molecular weight excluding hydrogens is 336 g/mol. The van der Waals surface area contributed by atoms with E-state index in [0.29, 0.717) is 32.6 Å². The third-order valence-electron chi connectivity index (χ3n) is 5.19. The predicted octanol–water partition coefficient (Wildman–Crippen LogP) is 1.87. The number of rotatable bonds is 5. The van der Waals surface area contributed by atoms with Gasteiger partial charge in [0, 0.05) is 44.3 Å². The summed E-state index contributed by atoms with van der Waals surface area (Å²) in [4.78, 5) is 6.69. The lowest BCUT2D eigenvalue weighted by Gasteiger charge is -2.21. The first-order valence-corrected chi connectivity index (χ1v) is 10.4. The van der Waals surface area contributed by atoms with Gasteiger partial charge in [0.05, 0.1) is 11.8 Å². The van der Waals surface area contributed by atoms with E-state index in [-0.39, 0.29) is 5.25 Å². The van der Waals surface area contributed by atoms with Gasteiger partial charge >= 0.3 is 0 Å². The van der Waals surface area contributed by atoms with Crippen molar-refractivity contribution in [1.82, 2.24) is 18.8 Å². The van der Waals surface area contributed by atoms with Crippen LogP contribution in [0.2, 0.25) is 0 Å². The van der Waals surface area contributed by atoms with Crippen molar-refractivity contribution in [1.29, 1.82) is 0 Å². The van der Waals surface area contributed by atoms with Gasteiger partial charge in [0.1, 0.15) is 5.82 Å². The number of sulfonamides is 1. The van der Waals surface area contributed by atoms with Crippen LogP contribution in [-0.4, -0.2) is 58.6 Å². The number of hydrogen-bond acceptors (Lipinski definition) is 4. The molecule has 0 radical (unpaired) electrons. The molecule has 25 heavy (non-hydrogen) atoms. The van der Waals surface area contributed by atoms with Gasteiger partial charge in [-0.3, -0.25) is 4.90 Å². The first-order valence-electron chi connectivity index (χ1n) is 8.93. The highest BCUT2D eigenvalue weighted by atomic mass is 32.2. The Bertz CT molecular complexity index is 813. The maximum Gasteiger partial charge on any atom is 0.218 e. The van der Waals surface area contributed by atoms with Crippen molar-refractivity contribution in [3.63, 3.8) is 0 Å². The minimum absolute atomic E-state index is 0.272. The minimum atomic E-state index is -3.15. The Labute approximate surface area is 149 Å². The van der Waals surface area contributed by atoms with Crippen LogP contribution in [0.4, 0.5) is 0 Å². The van der Waals surface area contributed by atoms with Crippen LogP contribution in [-0.2, 0) is 16.6 Å². The molecule has 2 fully saturated rings. The Morgan fingerprint density at radius 3 is 2.60 bits per heavy atom. The zero-order chi connectivity index (χ0) is 17.3. The summed E-state index contributed by atoms with van der Waals surface area (Å²) in [7, 11) is -3.15. The molecule has 1 aromatic carbocycles. The largest absolute Gasteiger partial charge is 0.303 e. The normalized spacial score (nSPS) is 22.6. The van der Waals surface area contributed by atoms with Crippen molar-refractivity contribution in [2.75, 3.05) is 26.2 Å². The fraction of sp³-hybridized carbons (Fsp3) is 0.500. The molecule has 2 aliphatic rings. The summed E-state index contributed by atoms with van der Waals surface area (Å²) in [5, 5.41) is -0.272. The highest BCUT2D eigenvalue weighted by Crippen LogP contribution is 2.25. The smallest absolute Gasteiger partial charge is 0.218 e. The molecule has 7 heteroatoms. The molecular formula is C18H24N4O2S. The van der Waals surface area contributed by atoms with Crippen molar-refractivity contribution in [2.24, 2.45) is 0 Å². The zero-order valence-corrected chi connectivity index (χ0v) is 15.1. The predicted molar refractivity (Wildman–Crippen MR) is 97.0 cm³/mol. The second-order valence-corrected chi connectivity index (χ2v) is 9.06. The molecule has 0 N–H and O–H groups in total. The molecule has 6 nitrogen and oxygen atoms in total. The van der Waals surface area contributed by atoms with Gasteiger partial charge in [-0.2, -0.15) is 0 Å². The van der Waals surface area contributed by atoms with Crippen molar-refractivity contribution < 1.29 is 8.42 Å². The van der Waals surface area contributed by atoms with Crippen LogP contribution in [0.3, 0.4) is 0 Å². The number of para-hydroxylation sites is 1. The van der Waals surface area contributed by atoms with Crippen LogP contribution in [0.15, 0.2) is 42.7 Å². The maximum absolute atomic E-state index is 12.7. The van der Waals surface area contributed by atoms with Gasteiger partial charge in [0.2, 0.25) is 10.0 Å². The lowest BCUT2D eigenvalue weighted by Crippen LogP contribution is -2.38. The Morgan fingerprint density at radius 1 is 1.08 bits per heavy atom. The van der Waals surface area contributed by atoms with Gasteiger partial charge in [-0.25, -0.2) is 17.7 Å². The summed E-state index contributed by atoms with van der Waals surface area (Å²) in [6.07, 6.45) is 6.45. The van der Waals surface area contributed by atoms with E-state index in [0.717, 1.165) is 30.9 Å². The van der Waals surface area contributed by atoms with Gasteiger partial charge in [0.25, 0.3) is 0 Å². The third kappa shape index (κ3) is 3.36. The van der Waals surface area contributed by atoms with E-state index in [1.54, 1.807) is 10.5 Å². The van der Waals surface area contributed by atoms with E-state index in [4.69, 9.17) is 0 Å². The topological polar surface area (TPSA) is 58.4 Å². The molecule has 1 aromatic heterocycles. The molecule has 2 aromatic rings. The van der Waals surface area contributed by atoms with E-state index < -0.39 is 10.0 Å². The first kappa shape index (κ1) is 16.8. The fourth-order valence-corrected chi connectivity index (χ4v) is 5.80. The van der Waals surface area contributed by atoms with Gasteiger partial charge in [0.15, 0.2) is 0 Å². The Morgan fingerprint density at radius 2 is 1.84 bits per heavy atom. The van der Waals surface area contributed by atoms with E-state index in [9.17, 15) is 8.42 Å². The number of hydrogen-bond donors (Lipinski definition) is 0. The van der Waals surface area contributed by atoms with Crippen LogP contribution >= 0.6 is 0 Å². The Kier molecular flexibility index (Phi) is 4.62. The summed E-state index contributed by atoms with van der Waals surface area (Å²) in [5.74, 6) is 0.949. The van der Waals surface area contributed by atoms with Crippen LogP contribution < -0.4 is 0 Å². The van der Waals surface area contributed by atoms with E-state index in [2.05, 4.69) is 26.6 Å². The lowest BCUT2D eigenvalue weighted by molar-refractivity contribution is 0.319. The van der Waals surface area contributed by atoms with E-state index in [1.165, 1.54) is 0 Å². The molecule has 0 spiro atoms. The molecule has 1 atom stereocenters. The van der Waals surface area contributed by atoms with Crippen LogP contribution in [0, 0.1) is 0 Å².